The highest BCUT2D eigenvalue weighted by Gasteiger charge is 2.40. The smallest absolute Gasteiger partial charge is 0.00812 e. The molecule has 0 aromatic heterocycles. The molecule has 2 aliphatic rings. The molecule has 17 heavy (non-hydrogen) atoms. The van der Waals surface area contributed by atoms with Crippen molar-refractivity contribution >= 4 is 12.6 Å². The molecule has 2 unspecified atom stereocenters. The fraction of sp³-hybridized carbons (Fsp3) is 0.250. The Morgan fingerprint density at radius 3 is 2.41 bits per heavy atom. The number of hydrogen-bond acceptors (Lipinski definition) is 1. The third kappa shape index (κ3) is 1.21. The number of hydrogen-bond donors (Lipinski definition) is 1. The minimum atomic E-state index is 0.716. The van der Waals surface area contributed by atoms with E-state index in [4.69, 9.17) is 0 Å². The van der Waals surface area contributed by atoms with Crippen LogP contribution in [0.2, 0.25) is 0 Å². The number of rotatable bonds is 0. The van der Waals surface area contributed by atoms with Gasteiger partial charge in [-0.25, -0.2) is 0 Å². The second kappa shape index (κ2) is 3.39. The summed E-state index contributed by atoms with van der Waals surface area (Å²) < 4.78 is 0. The van der Waals surface area contributed by atoms with E-state index >= 15 is 0 Å². The van der Waals surface area contributed by atoms with E-state index in [0.717, 1.165) is 5.92 Å². The summed E-state index contributed by atoms with van der Waals surface area (Å²) in [6.07, 6.45) is 2.66. The summed E-state index contributed by atoms with van der Waals surface area (Å²) in [7, 11) is 0. The molecule has 2 aliphatic carbocycles. The molecule has 0 nitrogen and oxygen atoms in total. The predicted octanol–water partition coefficient (Wildman–Crippen LogP) is 4.62. The zero-order chi connectivity index (χ0) is 11.4. The third-order valence-corrected chi connectivity index (χ3v) is 4.77. The van der Waals surface area contributed by atoms with Crippen molar-refractivity contribution in [2.75, 3.05) is 0 Å². The predicted molar refractivity (Wildman–Crippen MR) is 73.8 cm³/mol. The lowest BCUT2D eigenvalue weighted by Crippen LogP contribution is -2.26. The maximum Gasteiger partial charge on any atom is 0.00812 e. The fourth-order valence-corrected chi connectivity index (χ4v) is 3.83. The first-order valence-electron chi connectivity index (χ1n) is 6.27. The van der Waals surface area contributed by atoms with Gasteiger partial charge >= 0.3 is 0 Å². The van der Waals surface area contributed by atoms with Crippen LogP contribution >= 0.6 is 12.6 Å². The van der Waals surface area contributed by atoms with Crippen LogP contribution in [0, 0.1) is 0 Å². The summed E-state index contributed by atoms with van der Waals surface area (Å²) in [5.74, 6) is 1.46. The molecule has 1 saturated carbocycles. The Kier molecular flexibility index (Phi) is 1.95. The van der Waals surface area contributed by atoms with Gasteiger partial charge in [-0.2, -0.15) is 0 Å². The summed E-state index contributed by atoms with van der Waals surface area (Å²) >= 11 is 4.66. The molecule has 1 heteroatoms. The lowest BCUT2D eigenvalue weighted by molar-refractivity contribution is 0.339. The van der Waals surface area contributed by atoms with Crippen LogP contribution in [0.25, 0.3) is 11.1 Å². The summed E-state index contributed by atoms with van der Waals surface area (Å²) in [6, 6.07) is 15.4. The SMILES string of the molecule is Sc1cccc2c1C1CCC1c1ccccc1-2. The van der Waals surface area contributed by atoms with Crippen LogP contribution in [0.3, 0.4) is 0 Å². The van der Waals surface area contributed by atoms with Crippen molar-refractivity contribution in [3.05, 3.63) is 53.6 Å². The highest BCUT2D eigenvalue weighted by molar-refractivity contribution is 7.80. The Bertz CT molecular complexity index is 600. The van der Waals surface area contributed by atoms with Crippen molar-refractivity contribution in [3.8, 4) is 11.1 Å². The van der Waals surface area contributed by atoms with E-state index in [1.54, 1.807) is 5.56 Å². The number of benzene rings is 2. The van der Waals surface area contributed by atoms with Gasteiger partial charge in [0.1, 0.15) is 0 Å². The largest absolute Gasteiger partial charge is 0.143 e. The van der Waals surface area contributed by atoms with E-state index in [1.807, 2.05) is 0 Å². The Morgan fingerprint density at radius 1 is 0.824 bits per heavy atom. The first kappa shape index (κ1) is 9.78. The Hall–Kier alpha value is -1.21. The van der Waals surface area contributed by atoms with E-state index < -0.39 is 0 Å². The van der Waals surface area contributed by atoms with E-state index in [0.29, 0.717) is 5.92 Å². The first-order chi connectivity index (χ1) is 8.36. The lowest BCUT2D eigenvalue weighted by atomic mass is 9.61. The van der Waals surface area contributed by atoms with Gasteiger partial charge < -0.3 is 0 Å². The molecule has 2 aromatic rings. The monoisotopic (exact) mass is 238 g/mol. The van der Waals surface area contributed by atoms with E-state index in [-0.39, 0.29) is 0 Å². The van der Waals surface area contributed by atoms with Crippen LogP contribution in [0.15, 0.2) is 47.4 Å². The van der Waals surface area contributed by atoms with Crippen molar-refractivity contribution in [3.63, 3.8) is 0 Å². The topological polar surface area (TPSA) is 0 Å². The van der Waals surface area contributed by atoms with Gasteiger partial charge in [-0.05, 0) is 53.0 Å². The molecule has 2 atom stereocenters. The van der Waals surface area contributed by atoms with Gasteiger partial charge in [0, 0.05) is 4.90 Å². The molecule has 0 radical (unpaired) electrons. The molecule has 0 amide bonds. The van der Waals surface area contributed by atoms with Gasteiger partial charge in [0.05, 0.1) is 0 Å². The van der Waals surface area contributed by atoms with Crippen molar-refractivity contribution in [1.29, 1.82) is 0 Å². The molecular formula is C16H14S. The molecule has 84 valence electrons. The Morgan fingerprint density at radius 2 is 1.59 bits per heavy atom. The molecule has 2 aromatic carbocycles. The molecule has 0 spiro atoms. The summed E-state index contributed by atoms with van der Waals surface area (Å²) in [5, 5.41) is 0. The van der Waals surface area contributed by atoms with E-state index in [1.165, 1.54) is 34.4 Å². The van der Waals surface area contributed by atoms with Gasteiger partial charge in [0.15, 0.2) is 0 Å². The van der Waals surface area contributed by atoms with Gasteiger partial charge in [0.25, 0.3) is 0 Å². The standard InChI is InChI=1S/C16H14S/c17-15-7-3-6-13-11-5-2-1-4-10(11)12-8-9-14(12)16(13)15/h1-7,12,14,17H,8-9H2. The quantitative estimate of drug-likeness (QED) is 0.636. The lowest BCUT2D eigenvalue weighted by Gasteiger charge is -2.43. The molecular weight excluding hydrogens is 224 g/mol. The summed E-state index contributed by atoms with van der Waals surface area (Å²) in [6.45, 7) is 0. The molecule has 0 N–H and O–H groups in total. The molecule has 1 fully saturated rings. The van der Waals surface area contributed by atoms with Crippen LogP contribution < -0.4 is 0 Å². The van der Waals surface area contributed by atoms with Gasteiger partial charge in [-0.1, -0.05) is 36.4 Å². The highest BCUT2D eigenvalue weighted by Crippen LogP contribution is 2.58. The summed E-state index contributed by atoms with van der Waals surface area (Å²) in [5.41, 5.74) is 5.88. The maximum absolute atomic E-state index is 4.66. The van der Waals surface area contributed by atoms with Crippen LogP contribution in [0.4, 0.5) is 0 Å². The van der Waals surface area contributed by atoms with Crippen molar-refractivity contribution in [2.45, 2.75) is 29.6 Å². The second-order valence-corrected chi connectivity index (χ2v) is 5.60. The number of fused-ring (bicyclic) bond motifs is 6. The first-order valence-corrected chi connectivity index (χ1v) is 6.72. The van der Waals surface area contributed by atoms with Crippen LogP contribution in [0.1, 0.15) is 35.8 Å². The molecule has 0 heterocycles. The molecule has 0 bridgehead atoms. The fourth-order valence-electron chi connectivity index (χ4n) is 3.46. The zero-order valence-corrected chi connectivity index (χ0v) is 10.5. The minimum Gasteiger partial charge on any atom is -0.143 e. The normalized spacial score (nSPS) is 24.3. The molecule has 0 aliphatic heterocycles. The van der Waals surface area contributed by atoms with Crippen LogP contribution in [0.5, 0.6) is 0 Å². The number of thiol groups is 1. The van der Waals surface area contributed by atoms with Gasteiger partial charge in [-0.15, -0.1) is 12.6 Å². The molecule has 0 saturated heterocycles. The van der Waals surface area contributed by atoms with Gasteiger partial charge in [-0.3, -0.25) is 0 Å². The second-order valence-electron chi connectivity index (χ2n) is 5.12. The Balaban J connectivity index is 2.07. The Labute approximate surface area is 107 Å². The zero-order valence-electron chi connectivity index (χ0n) is 9.56. The van der Waals surface area contributed by atoms with Crippen molar-refractivity contribution < 1.29 is 0 Å². The van der Waals surface area contributed by atoms with Gasteiger partial charge in [0.2, 0.25) is 0 Å². The van der Waals surface area contributed by atoms with E-state index in [9.17, 15) is 0 Å². The maximum atomic E-state index is 4.66. The van der Waals surface area contributed by atoms with Crippen LogP contribution in [-0.4, -0.2) is 0 Å². The average Bonchev–Trinajstić information content (AvgIpc) is 2.30. The third-order valence-electron chi connectivity index (χ3n) is 4.38. The highest BCUT2D eigenvalue weighted by atomic mass is 32.1. The van der Waals surface area contributed by atoms with Crippen LogP contribution in [-0.2, 0) is 0 Å². The van der Waals surface area contributed by atoms with E-state index in [2.05, 4.69) is 55.1 Å². The van der Waals surface area contributed by atoms with Crippen molar-refractivity contribution in [2.24, 2.45) is 0 Å². The molecule has 4 rings (SSSR count). The summed E-state index contributed by atoms with van der Waals surface area (Å²) in [4.78, 5) is 1.17. The average molecular weight is 238 g/mol. The minimum absolute atomic E-state index is 0.716. The van der Waals surface area contributed by atoms with Crippen molar-refractivity contribution in [1.82, 2.24) is 0 Å².